The maximum atomic E-state index is 12.6. The second kappa shape index (κ2) is 8.78. The molecule has 0 saturated carbocycles. The Hall–Kier alpha value is -2.38. The van der Waals surface area contributed by atoms with E-state index in [4.69, 9.17) is 22.1 Å². The minimum Gasteiger partial charge on any atom is -0.444 e. The molecule has 0 fully saturated rings. The summed E-state index contributed by atoms with van der Waals surface area (Å²) in [5.74, 6) is -0.546. The van der Waals surface area contributed by atoms with Crippen molar-refractivity contribution in [3.8, 4) is 0 Å². The first-order chi connectivity index (χ1) is 14.0. The smallest absolute Gasteiger partial charge is 0.410 e. The van der Waals surface area contributed by atoms with Crippen molar-refractivity contribution in [3.05, 3.63) is 55.7 Å². The van der Waals surface area contributed by atoms with Gasteiger partial charge >= 0.3 is 6.09 Å². The monoisotopic (exact) mass is 448 g/mol. The highest BCUT2D eigenvalue weighted by atomic mass is 35.5. The number of nitrogens with two attached hydrogens (primary N) is 1. The summed E-state index contributed by atoms with van der Waals surface area (Å²) in [6.45, 7) is 6.25. The molecule has 1 aliphatic rings. The van der Waals surface area contributed by atoms with E-state index < -0.39 is 11.5 Å². The SMILES string of the molecule is CC(C)(C)OC(=O)N1CCc2c(sc(CC(=O)Cc3ccc(Cl)cc3)c2C(N)=O)C1. The van der Waals surface area contributed by atoms with Gasteiger partial charge < -0.3 is 15.4 Å². The van der Waals surface area contributed by atoms with Crippen LogP contribution in [0.4, 0.5) is 4.79 Å². The Morgan fingerprint density at radius 1 is 1.17 bits per heavy atom. The number of Topliss-reactive ketones (excluding diaryl/α,β-unsaturated/α-hetero) is 1. The second-order valence-corrected chi connectivity index (χ2v) is 9.96. The van der Waals surface area contributed by atoms with Gasteiger partial charge in [0.05, 0.1) is 12.1 Å². The minimum atomic E-state index is -0.579. The van der Waals surface area contributed by atoms with Crippen LogP contribution in [0, 0.1) is 0 Å². The van der Waals surface area contributed by atoms with Crippen molar-refractivity contribution in [1.82, 2.24) is 4.90 Å². The summed E-state index contributed by atoms with van der Waals surface area (Å²) in [6, 6.07) is 7.11. The second-order valence-electron chi connectivity index (χ2n) is 8.34. The number of rotatable bonds is 5. The van der Waals surface area contributed by atoms with Gasteiger partial charge in [0.1, 0.15) is 11.4 Å². The van der Waals surface area contributed by atoms with Crippen molar-refractivity contribution >= 4 is 40.7 Å². The summed E-state index contributed by atoms with van der Waals surface area (Å²) in [6.07, 6.45) is 0.504. The number of ether oxygens (including phenoxy) is 1. The summed E-state index contributed by atoms with van der Waals surface area (Å²) in [5.41, 5.74) is 7.21. The largest absolute Gasteiger partial charge is 0.444 e. The van der Waals surface area contributed by atoms with Gasteiger partial charge in [-0.05, 0) is 50.5 Å². The minimum absolute atomic E-state index is 0.0117. The van der Waals surface area contributed by atoms with E-state index in [0.29, 0.717) is 35.0 Å². The van der Waals surface area contributed by atoms with Crippen LogP contribution in [0.25, 0.3) is 0 Å². The van der Waals surface area contributed by atoms with Gasteiger partial charge in [0.15, 0.2) is 0 Å². The molecule has 1 aromatic heterocycles. The Labute approximate surface area is 185 Å². The summed E-state index contributed by atoms with van der Waals surface area (Å²) in [5, 5.41) is 0.614. The molecule has 2 amide bonds. The number of hydrogen-bond acceptors (Lipinski definition) is 5. The Balaban J connectivity index is 1.77. The fraction of sp³-hybridized carbons (Fsp3) is 0.409. The van der Waals surface area contributed by atoms with Crippen LogP contribution < -0.4 is 5.73 Å². The highest BCUT2D eigenvalue weighted by Gasteiger charge is 2.31. The van der Waals surface area contributed by atoms with E-state index in [1.807, 2.05) is 32.9 Å². The van der Waals surface area contributed by atoms with Crippen molar-refractivity contribution in [3.63, 3.8) is 0 Å². The number of amides is 2. The number of carbonyl (C=O) groups excluding carboxylic acids is 3. The van der Waals surface area contributed by atoms with Gasteiger partial charge in [0, 0.05) is 34.2 Å². The molecule has 0 saturated heterocycles. The third-order valence-electron chi connectivity index (χ3n) is 4.70. The van der Waals surface area contributed by atoms with E-state index in [0.717, 1.165) is 16.0 Å². The van der Waals surface area contributed by atoms with Crippen LogP contribution in [0.5, 0.6) is 0 Å². The van der Waals surface area contributed by atoms with Crippen molar-refractivity contribution in [2.75, 3.05) is 6.54 Å². The number of ketones is 1. The molecule has 0 bridgehead atoms. The van der Waals surface area contributed by atoms with Crippen LogP contribution in [-0.4, -0.2) is 34.8 Å². The highest BCUT2D eigenvalue weighted by Crippen LogP contribution is 2.34. The molecule has 2 N–H and O–H groups in total. The van der Waals surface area contributed by atoms with Crippen LogP contribution in [-0.2, 0) is 35.3 Å². The van der Waals surface area contributed by atoms with E-state index in [9.17, 15) is 14.4 Å². The Bertz CT molecular complexity index is 976. The summed E-state index contributed by atoms with van der Waals surface area (Å²) >= 11 is 7.27. The lowest BCUT2D eigenvalue weighted by Gasteiger charge is -2.30. The molecule has 30 heavy (non-hydrogen) atoms. The van der Waals surface area contributed by atoms with Crippen molar-refractivity contribution in [1.29, 1.82) is 0 Å². The maximum absolute atomic E-state index is 12.6. The Kier molecular flexibility index (Phi) is 6.53. The molecule has 6 nitrogen and oxygen atoms in total. The van der Waals surface area contributed by atoms with E-state index in [2.05, 4.69) is 0 Å². The van der Waals surface area contributed by atoms with Crippen LogP contribution in [0.1, 0.15) is 52.0 Å². The molecule has 1 aliphatic heterocycles. The number of nitrogens with zero attached hydrogens (tertiary/aromatic N) is 1. The zero-order valence-electron chi connectivity index (χ0n) is 17.3. The van der Waals surface area contributed by atoms with Gasteiger partial charge in [0.25, 0.3) is 0 Å². The van der Waals surface area contributed by atoms with E-state index in [1.54, 1.807) is 17.0 Å². The maximum Gasteiger partial charge on any atom is 0.410 e. The summed E-state index contributed by atoms with van der Waals surface area (Å²) in [4.78, 5) is 40.3. The van der Waals surface area contributed by atoms with Crippen LogP contribution in [0.15, 0.2) is 24.3 Å². The fourth-order valence-electron chi connectivity index (χ4n) is 3.42. The van der Waals surface area contributed by atoms with Gasteiger partial charge in [-0.2, -0.15) is 0 Å². The summed E-state index contributed by atoms with van der Waals surface area (Å²) < 4.78 is 5.45. The molecule has 0 atom stereocenters. The zero-order valence-corrected chi connectivity index (χ0v) is 18.9. The van der Waals surface area contributed by atoms with Gasteiger partial charge in [-0.15, -0.1) is 11.3 Å². The molecule has 8 heteroatoms. The Morgan fingerprint density at radius 3 is 2.43 bits per heavy atom. The highest BCUT2D eigenvalue weighted by molar-refractivity contribution is 7.12. The molecule has 2 heterocycles. The fourth-order valence-corrected chi connectivity index (χ4v) is 4.95. The number of fused-ring (bicyclic) bond motifs is 1. The van der Waals surface area contributed by atoms with Crippen molar-refractivity contribution in [2.24, 2.45) is 5.73 Å². The average molecular weight is 449 g/mol. The standard InChI is InChI=1S/C22H25ClN2O4S/c1-22(2,3)29-21(28)25-9-8-16-18(12-25)30-17(19(16)20(24)27)11-15(26)10-13-4-6-14(23)7-5-13/h4-7H,8-12H2,1-3H3,(H2,24,27). The first-order valence-corrected chi connectivity index (χ1v) is 10.9. The molecular formula is C22H25ClN2O4S. The van der Waals surface area contributed by atoms with Crippen LogP contribution in [0.2, 0.25) is 5.02 Å². The molecule has 2 aromatic rings. The predicted octanol–water partition coefficient (Wildman–Crippen LogP) is 4.15. The Morgan fingerprint density at radius 2 is 1.83 bits per heavy atom. The molecule has 0 unspecified atom stereocenters. The zero-order chi connectivity index (χ0) is 22.1. The van der Waals surface area contributed by atoms with Gasteiger partial charge in [-0.1, -0.05) is 23.7 Å². The first kappa shape index (κ1) is 22.3. The van der Waals surface area contributed by atoms with Crippen molar-refractivity contribution < 1.29 is 19.1 Å². The van der Waals surface area contributed by atoms with E-state index in [1.165, 1.54) is 11.3 Å². The van der Waals surface area contributed by atoms with Gasteiger partial charge in [0.2, 0.25) is 5.91 Å². The first-order valence-electron chi connectivity index (χ1n) is 9.71. The molecule has 3 rings (SSSR count). The number of hydrogen-bond donors (Lipinski definition) is 1. The quantitative estimate of drug-likeness (QED) is 0.744. The predicted molar refractivity (Wildman–Crippen MR) is 117 cm³/mol. The molecule has 160 valence electrons. The molecule has 1 aromatic carbocycles. The van der Waals surface area contributed by atoms with Gasteiger partial charge in [-0.25, -0.2) is 4.79 Å². The van der Waals surface area contributed by atoms with Crippen molar-refractivity contribution in [2.45, 2.75) is 52.2 Å². The molecule has 0 spiro atoms. The number of thiophene rings is 1. The molecular weight excluding hydrogens is 424 g/mol. The molecule has 0 aliphatic carbocycles. The number of halogens is 1. The summed E-state index contributed by atoms with van der Waals surface area (Å²) in [7, 11) is 0. The number of primary amides is 1. The lowest BCUT2D eigenvalue weighted by atomic mass is 9.98. The number of benzene rings is 1. The topological polar surface area (TPSA) is 89.7 Å². The molecule has 0 radical (unpaired) electrons. The average Bonchev–Trinajstić information content (AvgIpc) is 2.99. The lowest BCUT2D eigenvalue weighted by Crippen LogP contribution is -2.39. The normalized spacial score (nSPS) is 13.7. The van der Waals surface area contributed by atoms with Gasteiger partial charge in [-0.3, -0.25) is 9.59 Å². The lowest BCUT2D eigenvalue weighted by molar-refractivity contribution is -0.117. The van der Waals surface area contributed by atoms with Crippen LogP contribution >= 0.6 is 22.9 Å². The third-order valence-corrected chi connectivity index (χ3v) is 6.17. The third kappa shape index (κ3) is 5.40. The van der Waals surface area contributed by atoms with E-state index in [-0.39, 0.29) is 24.7 Å². The van der Waals surface area contributed by atoms with E-state index >= 15 is 0 Å². The van der Waals surface area contributed by atoms with Crippen LogP contribution in [0.3, 0.4) is 0 Å². The number of carbonyl (C=O) groups is 3.